The number of alkyl halides is 3. The minimum absolute atomic E-state index is 0.0859. The molecular weight excluding hydrogens is 293 g/mol. The highest BCUT2D eigenvalue weighted by molar-refractivity contribution is 6.01. The SMILES string of the molecule is NNc1cc(NC2CCC(=O)NC2=O)nc(C(F)(F)F)n1. The molecule has 1 fully saturated rings. The fraction of sp³-hybridized carbons (Fsp3) is 0.400. The number of halogens is 3. The molecule has 0 bridgehead atoms. The van der Waals surface area contributed by atoms with E-state index in [2.05, 4.69) is 20.6 Å². The van der Waals surface area contributed by atoms with Crippen LogP contribution >= 0.6 is 0 Å². The number of nitrogen functional groups attached to an aromatic ring is 1. The Labute approximate surface area is 116 Å². The van der Waals surface area contributed by atoms with Crippen LogP contribution in [0.5, 0.6) is 0 Å². The van der Waals surface area contributed by atoms with E-state index in [1.165, 1.54) is 0 Å². The van der Waals surface area contributed by atoms with Crippen LogP contribution in [0.4, 0.5) is 24.8 Å². The number of hydrazine groups is 1. The van der Waals surface area contributed by atoms with Crippen molar-refractivity contribution in [1.82, 2.24) is 15.3 Å². The van der Waals surface area contributed by atoms with Crippen molar-refractivity contribution in [3.05, 3.63) is 11.9 Å². The second-order valence-corrected chi connectivity index (χ2v) is 4.25. The van der Waals surface area contributed by atoms with Gasteiger partial charge in [-0.1, -0.05) is 0 Å². The summed E-state index contributed by atoms with van der Waals surface area (Å²) in [7, 11) is 0. The van der Waals surface area contributed by atoms with E-state index in [9.17, 15) is 22.8 Å². The molecule has 1 aliphatic rings. The zero-order valence-corrected chi connectivity index (χ0v) is 10.5. The molecule has 1 aliphatic heterocycles. The Morgan fingerprint density at radius 2 is 1.95 bits per heavy atom. The van der Waals surface area contributed by atoms with Crippen LogP contribution in [-0.2, 0) is 15.8 Å². The van der Waals surface area contributed by atoms with E-state index in [4.69, 9.17) is 5.84 Å². The summed E-state index contributed by atoms with van der Waals surface area (Å²) in [6.45, 7) is 0. The first-order valence-corrected chi connectivity index (χ1v) is 5.82. The fourth-order valence-electron chi connectivity index (χ4n) is 1.73. The van der Waals surface area contributed by atoms with Crippen LogP contribution in [0.1, 0.15) is 18.7 Å². The van der Waals surface area contributed by atoms with Crippen molar-refractivity contribution in [2.75, 3.05) is 10.7 Å². The maximum Gasteiger partial charge on any atom is 0.451 e. The molecule has 0 aliphatic carbocycles. The molecule has 2 heterocycles. The number of piperidine rings is 1. The van der Waals surface area contributed by atoms with Crippen LogP contribution in [0.3, 0.4) is 0 Å². The molecule has 114 valence electrons. The van der Waals surface area contributed by atoms with Gasteiger partial charge >= 0.3 is 6.18 Å². The van der Waals surface area contributed by atoms with Crippen molar-refractivity contribution >= 4 is 23.5 Å². The lowest BCUT2D eigenvalue weighted by Crippen LogP contribution is -2.47. The summed E-state index contributed by atoms with van der Waals surface area (Å²) >= 11 is 0. The molecule has 0 aromatic carbocycles. The zero-order chi connectivity index (χ0) is 15.6. The van der Waals surface area contributed by atoms with Crippen LogP contribution < -0.4 is 21.9 Å². The van der Waals surface area contributed by atoms with Gasteiger partial charge in [0.15, 0.2) is 0 Å². The third kappa shape index (κ3) is 3.56. The first kappa shape index (κ1) is 15.0. The van der Waals surface area contributed by atoms with E-state index in [0.29, 0.717) is 0 Å². The topological polar surface area (TPSA) is 122 Å². The Hall–Kier alpha value is -2.43. The minimum atomic E-state index is -4.76. The highest BCUT2D eigenvalue weighted by Crippen LogP contribution is 2.28. The summed E-state index contributed by atoms with van der Waals surface area (Å²) in [5.74, 6) is 2.12. The molecule has 11 heteroatoms. The number of carbonyl (C=O) groups excluding carboxylic acids is 2. The highest BCUT2D eigenvalue weighted by Gasteiger charge is 2.36. The average Bonchev–Trinajstić information content (AvgIpc) is 2.40. The smallest absolute Gasteiger partial charge is 0.358 e. The number of hydrogen-bond acceptors (Lipinski definition) is 7. The Kier molecular flexibility index (Phi) is 3.93. The molecule has 1 saturated heterocycles. The number of hydrogen-bond donors (Lipinski definition) is 4. The summed E-state index contributed by atoms with van der Waals surface area (Å²) in [5.41, 5.74) is 1.99. The summed E-state index contributed by atoms with van der Waals surface area (Å²) < 4.78 is 37.9. The third-order valence-corrected chi connectivity index (χ3v) is 2.69. The van der Waals surface area contributed by atoms with Crippen LogP contribution in [0, 0.1) is 0 Å². The molecular formula is C10H11F3N6O2. The van der Waals surface area contributed by atoms with Crippen molar-refractivity contribution in [2.45, 2.75) is 25.1 Å². The fourth-order valence-corrected chi connectivity index (χ4v) is 1.73. The number of aromatic nitrogens is 2. The molecule has 0 radical (unpaired) electrons. The van der Waals surface area contributed by atoms with Crippen molar-refractivity contribution in [3.8, 4) is 0 Å². The van der Waals surface area contributed by atoms with Gasteiger partial charge in [-0.05, 0) is 6.42 Å². The second kappa shape index (κ2) is 5.52. The number of nitrogens with zero attached hydrogens (tertiary/aromatic N) is 2. The average molecular weight is 304 g/mol. The van der Waals surface area contributed by atoms with E-state index in [1.807, 2.05) is 5.43 Å². The Morgan fingerprint density at radius 3 is 2.52 bits per heavy atom. The molecule has 8 nitrogen and oxygen atoms in total. The molecule has 2 rings (SSSR count). The minimum Gasteiger partial charge on any atom is -0.358 e. The van der Waals surface area contributed by atoms with Crippen LogP contribution in [0.15, 0.2) is 6.07 Å². The van der Waals surface area contributed by atoms with Gasteiger partial charge in [0.1, 0.15) is 17.7 Å². The highest BCUT2D eigenvalue weighted by atomic mass is 19.4. The molecule has 2 amide bonds. The lowest BCUT2D eigenvalue weighted by molar-refractivity contribution is -0.144. The third-order valence-electron chi connectivity index (χ3n) is 2.69. The molecule has 1 aromatic rings. The van der Waals surface area contributed by atoms with Crippen LogP contribution in [0.25, 0.3) is 0 Å². The van der Waals surface area contributed by atoms with Crippen molar-refractivity contribution in [3.63, 3.8) is 0 Å². The van der Waals surface area contributed by atoms with Gasteiger partial charge in [-0.25, -0.2) is 15.8 Å². The summed E-state index contributed by atoms with van der Waals surface area (Å²) in [5, 5.41) is 4.60. The van der Waals surface area contributed by atoms with Gasteiger partial charge in [-0.2, -0.15) is 13.2 Å². The van der Waals surface area contributed by atoms with Gasteiger partial charge in [0.25, 0.3) is 0 Å². The summed E-state index contributed by atoms with van der Waals surface area (Å²) in [6.07, 6.45) is -4.52. The number of amides is 2. The number of imide groups is 1. The molecule has 0 spiro atoms. The van der Waals surface area contributed by atoms with Gasteiger partial charge < -0.3 is 10.7 Å². The Balaban J connectivity index is 2.23. The molecule has 0 saturated carbocycles. The van der Waals surface area contributed by atoms with Gasteiger partial charge in [0, 0.05) is 12.5 Å². The van der Waals surface area contributed by atoms with Crippen molar-refractivity contribution in [1.29, 1.82) is 0 Å². The maximum absolute atomic E-state index is 12.6. The summed E-state index contributed by atoms with van der Waals surface area (Å²) in [4.78, 5) is 29.0. The predicted octanol–water partition coefficient (Wildman–Crippen LogP) is -0.00190. The quantitative estimate of drug-likeness (QED) is 0.352. The number of anilines is 2. The molecule has 1 atom stereocenters. The van der Waals surface area contributed by atoms with Gasteiger partial charge in [0.05, 0.1) is 0 Å². The van der Waals surface area contributed by atoms with Gasteiger partial charge in [0.2, 0.25) is 17.6 Å². The Morgan fingerprint density at radius 1 is 1.29 bits per heavy atom. The van der Waals surface area contributed by atoms with E-state index in [-0.39, 0.29) is 24.5 Å². The standard InChI is InChI=1S/C10H11F3N6O2/c11-10(12,13)9-16-5(3-6(17-9)19-14)15-4-1-2-7(20)18-8(4)21/h3-4H,1-2,14H2,(H,18,20,21)(H2,15,16,17,19). The lowest BCUT2D eigenvalue weighted by Gasteiger charge is -2.22. The molecule has 1 unspecified atom stereocenters. The monoisotopic (exact) mass is 304 g/mol. The number of carbonyl (C=O) groups is 2. The first-order valence-electron chi connectivity index (χ1n) is 5.82. The van der Waals surface area contributed by atoms with Crippen molar-refractivity contribution < 1.29 is 22.8 Å². The van der Waals surface area contributed by atoms with E-state index < -0.39 is 29.9 Å². The van der Waals surface area contributed by atoms with E-state index >= 15 is 0 Å². The lowest BCUT2D eigenvalue weighted by atomic mass is 10.1. The number of nitrogens with one attached hydrogen (secondary N) is 3. The van der Waals surface area contributed by atoms with Gasteiger partial charge in [-0.3, -0.25) is 14.9 Å². The second-order valence-electron chi connectivity index (χ2n) is 4.25. The zero-order valence-electron chi connectivity index (χ0n) is 10.5. The van der Waals surface area contributed by atoms with Gasteiger partial charge in [-0.15, -0.1) is 0 Å². The number of nitrogens with two attached hydrogens (primary N) is 1. The number of rotatable bonds is 3. The molecule has 21 heavy (non-hydrogen) atoms. The Bertz CT molecular complexity index is 576. The first-order chi connectivity index (χ1) is 9.79. The maximum atomic E-state index is 12.6. The van der Waals surface area contributed by atoms with E-state index in [1.54, 1.807) is 0 Å². The summed E-state index contributed by atoms with van der Waals surface area (Å²) in [6, 6.07) is 0.267. The van der Waals surface area contributed by atoms with Crippen LogP contribution in [-0.4, -0.2) is 27.8 Å². The molecule has 1 aromatic heterocycles. The van der Waals surface area contributed by atoms with Crippen molar-refractivity contribution in [2.24, 2.45) is 5.84 Å². The predicted molar refractivity (Wildman–Crippen MR) is 64.6 cm³/mol. The van der Waals surface area contributed by atoms with E-state index in [0.717, 1.165) is 6.07 Å². The van der Waals surface area contributed by atoms with Crippen LogP contribution in [0.2, 0.25) is 0 Å². The molecule has 5 N–H and O–H groups in total. The largest absolute Gasteiger partial charge is 0.451 e. The normalized spacial score (nSPS) is 19.1.